The predicted octanol–water partition coefficient (Wildman–Crippen LogP) is 2.51. The summed E-state index contributed by atoms with van der Waals surface area (Å²) in [6.07, 6.45) is 1.29. The van der Waals surface area contributed by atoms with Crippen LogP contribution in [0.15, 0.2) is 18.2 Å². The van der Waals surface area contributed by atoms with Crippen molar-refractivity contribution in [3.63, 3.8) is 0 Å². The van der Waals surface area contributed by atoms with E-state index in [1.807, 2.05) is 0 Å². The zero-order valence-electron chi connectivity index (χ0n) is 15.9. The number of carbonyl (C=O) groups excluding carboxylic acids is 3. The normalized spacial score (nSPS) is 24.8. The van der Waals surface area contributed by atoms with E-state index < -0.39 is 28.6 Å². The number of ketones is 1. The van der Waals surface area contributed by atoms with Gasteiger partial charge in [0.15, 0.2) is 12.4 Å². The van der Waals surface area contributed by atoms with E-state index in [2.05, 4.69) is 10.8 Å². The molecule has 162 valence electrons. The van der Waals surface area contributed by atoms with Crippen molar-refractivity contribution in [3.8, 4) is 5.75 Å². The predicted molar refractivity (Wildman–Crippen MR) is 106 cm³/mol. The number of hydrogen-bond donors (Lipinski definition) is 3. The molecule has 30 heavy (non-hydrogen) atoms. The maximum Gasteiger partial charge on any atom is 0.345 e. The molecule has 0 aliphatic heterocycles. The molecule has 11 heteroatoms. The zero-order valence-corrected chi connectivity index (χ0v) is 17.4. The smallest absolute Gasteiger partial charge is 0.345 e. The van der Waals surface area contributed by atoms with Gasteiger partial charge in [-0.05, 0) is 37.8 Å². The number of alkyl halides is 1. The van der Waals surface area contributed by atoms with E-state index in [-0.39, 0.29) is 54.1 Å². The third-order valence-electron chi connectivity index (χ3n) is 5.55. The van der Waals surface area contributed by atoms with Gasteiger partial charge in [-0.25, -0.2) is 14.7 Å². The number of hydroxylamine groups is 1. The van der Waals surface area contributed by atoms with Crippen LogP contribution in [0.3, 0.4) is 0 Å². The Kier molecular flexibility index (Phi) is 6.52. The number of Topliss-reactive ketones (excluding diaryl/α,β-unsaturated/α-hetero) is 1. The van der Waals surface area contributed by atoms with Gasteiger partial charge in [-0.3, -0.25) is 15.0 Å². The average Bonchev–Trinajstić information content (AvgIpc) is 2.73. The quantitative estimate of drug-likeness (QED) is 0.198. The van der Waals surface area contributed by atoms with E-state index in [9.17, 15) is 18.8 Å². The van der Waals surface area contributed by atoms with Crippen molar-refractivity contribution in [2.75, 3.05) is 12.5 Å². The molecule has 8 nitrogen and oxygen atoms in total. The monoisotopic (exact) mass is 459 g/mol. The van der Waals surface area contributed by atoms with Gasteiger partial charge in [0.1, 0.15) is 22.8 Å². The van der Waals surface area contributed by atoms with Crippen molar-refractivity contribution in [2.45, 2.75) is 37.6 Å². The summed E-state index contributed by atoms with van der Waals surface area (Å²) in [7, 11) is 0. The number of ether oxygens (including phenoxy) is 1. The van der Waals surface area contributed by atoms with Crippen LogP contribution in [0.25, 0.3) is 0 Å². The highest BCUT2D eigenvalue weighted by atomic mass is 35.5. The van der Waals surface area contributed by atoms with Gasteiger partial charge in [0.25, 0.3) is 5.91 Å². The number of nitrogens with one attached hydrogen (secondary N) is 3. The maximum absolute atomic E-state index is 13.5. The fraction of sp³-hybridized carbons (Fsp3) is 0.474. The first-order valence-electron chi connectivity index (χ1n) is 9.23. The van der Waals surface area contributed by atoms with Crippen molar-refractivity contribution in [3.05, 3.63) is 29.0 Å². The largest absolute Gasteiger partial charge is 0.484 e. The van der Waals surface area contributed by atoms with Gasteiger partial charge in [0.2, 0.25) is 0 Å². The third-order valence-corrected chi connectivity index (χ3v) is 6.12. The Hall–Kier alpha value is -2.39. The number of benzene rings is 1. The Labute approximate surface area is 181 Å². The van der Waals surface area contributed by atoms with E-state index in [4.69, 9.17) is 38.2 Å². The highest BCUT2D eigenvalue weighted by molar-refractivity contribution is 6.30. The molecule has 3 fully saturated rings. The maximum atomic E-state index is 13.5. The highest BCUT2D eigenvalue weighted by Gasteiger charge is 2.59. The summed E-state index contributed by atoms with van der Waals surface area (Å²) in [5.74, 6) is -2.36. The molecule has 0 spiro atoms. The topological polar surface area (TPSA) is 118 Å². The van der Waals surface area contributed by atoms with E-state index in [0.717, 1.165) is 6.07 Å². The van der Waals surface area contributed by atoms with Crippen molar-refractivity contribution in [1.82, 2.24) is 10.8 Å². The summed E-state index contributed by atoms with van der Waals surface area (Å²) in [5, 5.41) is 10.2. The Morgan fingerprint density at radius 1 is 1.23 bits per heavy atom. The first kappa shape index (κ1) is 22.3. The molecule has 1 aromatic carbocycles. The molecule has 3 N–H and O–H groups in total. The molecule has 2 bridgehead atoms. The van der Waals surface area contributed by atoms with Crippen LogP contribution in [-0.4, -0.2) is 41.5 Å². The zero-order chi connectivity index (χ0) is 21.9. The van der Waals surface area contributed by atoms with Gasteiger partial charge in [-0.15, -0.1) is 11.6 Å². The summed E-state index contributed by atoms with van der Waals surface area (Å²) in [5.41, 5.74) is 0.113. The number of rotatable bonds is 6. The molecular formula is C19H20Cl2FN3O5. The Balaban J connectivity index is 1.56. The number of carbonyl (C=O) groups is 3. The van der Waals surface area contributed by atoms with Crippen molar-refractivity contribution in [1.29, 1.82) is 5.41 Å². The SMILES string of the molecule is N=C(CCl)NOC(=O)C12CCC(NC(=O)COc3ccc(Cl)c(F)c3)(CC1)CC2=O. The molecule has 3 saturated carbocycles. The van der Waals surface area contributed by atoms with Crippen LogP contribution in [0.4, 0.5) is 4.39 Å². The molecular weight excluding hydrogens is 440 g/mol. The van der Waals surface area contributed by atoms with Crippen LogP contribution < -0.4 is 15.5 Å². The van der Waals surface area contributed by atoms with Gasteiger partial charge >= 0.3 is 5.97 Å². The highest BCUT2D eigenvalue weighted by Crippen LogP contribution is 2.50. The molecule has 0 atom stereocenters. The van der Waals surface area contributed by atoms with Crippen LogP contribution >= 0.6 is 23.2 Å². The van der Waals surface area contributed by atoms with Crippen LogP contribution in [0.5, 0.6) is 5.75 Å². The second kappa shape index (κ2) is 8.77. The van der Waals surface area contributed by atoms with Crippen molar-refractivity contribution < 1.29 is 28.3 Å². The molecule has 1 aromatic rings. The van der Waals surface area contributed by atoms with Crippen LogP contribution in [0.2, 0.25) is 5.02 Å². The molecule has 3 aliphatic rings. The Bertz CT molecular complexity index is 887. The van der Waals surface area contributed by atoms with E-state index >= 15 is 0 Å². The van der Waals surface area contributed by atoms with Gasteiger partial charge < -0.3 is 14.9 Å². The minimum Gasteiger partial charge on any atom is -0.484 e. The van der Waals surface area contributed by atoms with Crippen LogP contribution in [0.1, 0.15) is 32.1 Å². The lowest BCUT2D eigenvalue weighted by Crippen LogP contribution is -2.63. The molecule has 0 aromatic heterocycles. The lowest BCUT2D eigenvalue weighted by molar-refractivity contribution is -0.172. The molecule has 0 saturated heterocycles. The van der Waals surface area contributed by atoms with Crippen molar-refractivity contribution >= 4 is 46.7 Å². The molecule has 0 radical (unpaired) electrons. The lowest BCUT2D eigenvalue weighted by Gasteiger charge is -2.50. The summed E-state index contributed by atoms with van der Waals surface area (Å²) >= 11 is 11.1. The Morgan fingerprint density at radius 2 is 1.93 bits per heavy atom. The van der Waals surface area contributed by atoms with Gasteiger partial charge in [-0.1, -0.05) is 11.6 Å². The fourth-order valence-electron chi connectivity index (χ4n) is 3.85. The Morgan fingerprint density at radius 3 is 2.53 bits per heavy atom. The molecule has 4 rings (SSSR count). The molecule has 1 amide bonds. The minimum atomic E-state index is -1.27. The number of halogens is 3. The summed E-state index contributed by atoms with van der Waals surface area (Å²) in [6, 6.07) is 3.85. The number of amidine groups is 1. The summed E-state index contributed by atoms with van der Waals surface area (Å²) < 4.78 is 18.7. The molecule has 0 unspecified atom stereocenters. The van der Waals surface area contributed by atoms with Gasteiger partial charge in [0.05, 0.1) is 10.9 Å². The molecule has 3 aliphatic carbocycles. The second-order valence-electron chi connectivity index (χ2n) is 7.48. The average molecular weight is 460 g/mol. The summed E-state index contributed by atoms with van der Waals surface area (Å²) in [6.45, 7) is -0.353. The fourth-order valence-corrected chi connectivity index (χ4v) is 4.03. The van der Waals surface area contributed by atoms with Gasteiger partial charge in [-0.2, -0.15) is 0 Å². The lowest BCUT2D eigenvalue weighted by atomic mass is 9.56. The molecule has 0 heterocycles. The van der Waals surface area contributed by atoms with Gasteiger partial charge in [0, 0.05) is 18.0 Å². The standard InChI is InChI=1S/C19H20Cl2FN3O5/c20-9-15(23)25-30-17(28)19-5-3-18(4-6-19,8-14(19)26)24-16(27)10-29-11-1-2-12(21)13(22)7-11/h1-2,7H,3-6,8-10H2,(H2,23,25)(H,24,27). The second-order valence-corrected chi connectivity index (χ2v) is 8.15. The number of hydrogen-bond acceptors (Lipinski definition) is 6. The van der Waals surface area contributed by atoms with Crippen LogP contribution in [0, 0.1) is 16.6 Å². The first-order valence-corrected chi connectivity index (χ1v) is 10.1. The third kappa shape index (κ3) is 4.52. The van der Waals surface area contributed by atoms with Crippen LogP contribution in [-0.2, 0) is 19.2 Å². The number of fused-ring (bicyclic) bond motifs is 3. The minimum absolute atomic E-state index is 0.00361. The number of amides is 1. The van der Waals surface area contributed by atoms with E-state index in [1.165, 1.54) is 12.1 Å². The summed E-state index contributed by atoms with van der Waals surface area (Å²) in [4.78, 5) is 42.4. The van der Waals surface area contributed by atoms with E-state index in [0.29, 0.717) is 12.8 Å². The van der Waals surface area contributed by atoms with Crippen molar-refractivity contribution in [2.24, 2.45) is 5.41 Å². The first-order chi connectivity index (χ1) is 14.2. The van der Waals surface area contributed by atoms with E-state index in [1.54, 1.807) is 0 Å².